The summed E-state index contributed by atoms with van der Waals surface area (Å²) in [6.07, 6.45) is 0.824. The highest BCUT2D eigenvalue weighted by Gasteiger charge is 2.32. The minimum absolute atomic E-state index is 0. The predicted octanol–water partition coefficient (Wildman–Crippen LogP) is 2.01. The molecule has 1 aromatic rings. The van der Waals surface area contributed by atoms with Crippen LogP contribution in [0, 0.1) is 5.82 Å². The van der Waals surface area contributed by atoms with Gasteiger partial charge in [-0.3, -0.25) is 9.89 Å². The summed E-state index contributed by atoms with van der Waals surface area (Å²) in [5, 5.41) is 13.8. The minimum Gasteiger partial charge on any atom is -0.496 e. The minimum atomic E-state index is -0.629. The van der Waals surface area contributed by atoms with E-state index in [0.29, 0.717) is 13.1 Å². The molecular weight excluding hydrogens is 494 g/mol. The molecule has 2 aliphatic heterocycles. The van der Waals surface area contributed by atoms with Crippen LogP contribution in [0.3, 0.4) is 0 Å². The van der Waals surface area contributed by atoms with E-state index in [-0.39, 0.29) is 29.8 Å². The van der Waals surface area contributed by atoms with E-state index < -0.39 is 5.60 Å². The van der Waals surface area contributed by atoms with Crippen LogP contribution >= 0.6 is 35.7 Å². The molecule has 2 saturated heterocycles. The highest BCUT2D eigenvalue weighted by molar-refractivity contribution is 14.0. The standard InChI is InChI=1S/C19H29FN4O2S.HI/c1-21-18(22-13-19(25)5-10-27-14-19)24-8-6-23(7-9-24)12-15-11-16(20)3-4-17(15)26-2;/h3-4,11,25H,5-10,12-14H2,1-2H3,(H,21,22);1H. The van der Waals surface area contributed by atoms with Crippen molar-refractivity contribution in [3.05, 3.63) is 29.6 Å². The smallest absolute Gasteiger partial charge is 0.193 e. The number of hydrogen-bond donors (Lipinski definition) is 2. The average molecular weight is 524 g/mol. The number of thioether (sulfide) groups is 1. The van der Waals surface area contributed by atoms with Crippen LogP contribution < -0.4 is 10.1 Å². The van der Waals surface area contributed by atoms with E-state index in [1.165, 1.54) is 6.07 Å². The molecule has 28 heavy (non-hydrogen) atoms. The molecule has 1 aromatic carbocycles. The van der Waals surface area contributed by atoms with Crippen molar-refractivity contribution in [1.29, 1.82) is 0 Å². The summed E-state index contributed by atoms with van der Waals surface area (Å²) in [7, 11) is 3.39. The van der Waals surface area contributed by atoms with Crippen molar-refractivity contribution in [1.82, 2.24) is 15.1 Å². The van der Waals surface area contributed by atoms with Crippen LogP contribution in [0.25, 0.3) is 0 Å². The molecule has 3 rings (SSSR count). The molecule has 158 valence electrons. The second kappa shape index (κ2) is 10.8. The Labute approximate surface area is 187 Å². The van der Waals surface area contributed by atoms with Crippen molar-refractivity contribution in [2.75, 3.05) is 58.4 Å². The highest BCUT2D eigenvalue weighted by Crippen LogP contribution is 2.27. The third-order valence-electron chi connectivity index (χ3n) is 5.18. The number of methoxy groups -OCH3 is 1. The molecule has 2 N–H and O–H groups in total. The molecule has 1 unspecified atom stereocenters. The van der Waals surface area contributed by atoms with Crippen molar-refractivity contribution in [3.8, 4) is 5.75 Å². The monoisotopic (exact) mass is 524 g/mol. The number of aliphatic hydroxyl groups is 1. The predicted molar refractivity (Wildman–Crippen MR) is 123 cm³/mol. The Bertz CT molecular complexity index is 665. The van der Waals surface area contributed by atoms with Gasteiger partial charge in [0.25, 0.3) is 0 Å². The normalized spacial score (nSPS) is 23.4. The van der Waals surface area contributed by atoms with Crippen LogP contribution in [0.1, 0.15) is 12.0 Å². The lowest BCUT2D eigenvalue weighted by Crippen LogP contribution is -2.54. The molecule has 1 atom stereocenters. The average Bonchev–Trinajstić information content (AvgIpc) is 3.10. The number of nitrogens with one attached hydrogen (secondary N) is 1. The SMILES string of the molecule is CN=C(NCC1(O)CCSC1)N1CCN(Cc2cc(F)ccc2OC)CC1.I. The van der Waals surface area contributed by atoms with Crippen molar-refractivity contribution >= 4 is 41.7 Å². The Kier molecular flexibility index (Phi) is 9.10. The molecule has 9 heteroatoms. The summed E-state index contributed by atoms with van der Waals surface area (Å²) in [5.41, 5.74) is 0.241. The number of guanidine groups is 1. The molecule has 6 nitrogen and oxygen atoms in total. The first kappa shape index (κ1) is 23.5. The van der Waals surface area contributed by atoms with Crippen LogP contribution in [0.2, 0.25) is 0 Å². The number of aliphatic imine (C=N–C) groups is 1. The maximum absolute atomic E-state index is 13.6. The summed E-state index contributed by atoms with van der Waals surface area (Å²) in [6.45, 7) is 4.60. The van der Waals surface area contributed by atoms with Gasteiger partial charge < -0.3 is 20.1 Å². The molecule has 0 aliphatic carbocycles. The number of rotatable bonds is 5. The molecule has 2 aliphatic rings. The van der Waals surface area contributed by atoms with E-state index in [1.807, 2.05) is 0 Å². The lowest BCUT2D eigenvalue weighted by atomic mass is 10.0. The van der Waals surface area contributed by atoms with Gasteiger partial charge in [-0.15, -0.1) is 24.0 Å². The summed E-state index contributed by atoms with van der Waals surface area (Å²) < 4.78 is 18.9. The summed E-state index contributed by atoms with van der Waals surface area (Å²) in [4.78, 5) is 8.88. The molecule has 0 aromatic heterocycles. The van der Waals surface area contributed by atoms with Crippen LogP contribution in [0.15, 0.2) is 23.2 Å². The lowest BCUT2D eigenvalue weighted by molar-refractivity contribution is 0.0711. The van der Waals surface area contributed by atoms with Gasteiger partial charge in [0.15, 0.2) is 5.96 Å². The van der Waals surface area contributed by atoms with Gasteiger partial charge in [-0.1, -0.05) is 0 Å². The first-order valence-corrected chi connectivity index (χ1v) is 10.5. The summed E-state index contributed by atoms with van der Waals surface area (Å²) >= 11 is 1.79. The number of nitrogens with zero attached hydrogens (tertiary/aromatic N) is 3. The first-order chi connectivity index (χ1) is 13.0. The summed E-state index contributed by atoms with van der Waals surface area (Å²) in [5.74, 6) is 3.11. The summed E-state index contributed by atoms with van der Waals surface area (Å²) in [6, 6.07) is 4.65. The Morgan fingerprint density at radius 2 is 2.11 bits per heavy atom. The lowest BCUT2D eigenvalue weighted by Gasteiger charge is -2.37. The number of hydrogen-bond acceptors (Lipinski definition) is 5. The molecule has 0 bridgehead atoms. The van der Waals surface area contributed by atoms with Crippen LogP contribution in [0.4, 0.5) is 4.39 Å². The molecule has 0 radical (unpaired) electrons. The zero-order valence-corrected chi connectivity index (χ0v) is 19.6. The number of halogens is 2. The van der Waals surface area contributed by atoms with Crippen LogP contribution in [0.5, 0.6) is 5.75 Å². The van der Waals surface area contributed by atoms with E-state index in [0.717, 1.165) is 61.4 Å². The van der Waals surface area contributed by atoms with E-state index in [1.54, 1.807) is 38.1 Å². The third-order valence-corrected chi connectivity index (χ3v) is 6.41. The zero-order valence-electron chi connectivity index (χ0n) is 16.5. The second-order valence-corrected chi connectivity index (χ2v) is 8.25. The largest absolute Gasteiger partial charge is 0.496 e. The van der Waals surface area contributed by atoms with Crippen LogP contribution in [-0.2, 0) is 6.54 Å². The second-order valence-electron chi connectivity index (χ2n) is 7.15. The number of piperazine rings is 1. The van der Waals surface area contributed by atoms with Gasteiger partial charge in [-0.25, -0.2) is 4.39 Å². The molecule has 0 saturated carbocycles. The molecule has 2 heterocycles. The van der Waals surface area contributed by atoms with Crippen molar-refractivity contribution < 1.29 is 14.2 Å². The van der Waals surface area contributed by atoms with E-state index in [4.69, 9.17) is 4.74 Å². The fourth-order valence-electron chi connectivity index (χ4n) is 3.54. The van der Waals surface area contributed by atoms with Gasteiger partial charge in [-0.2, -0.15) is 11.8 Å². The van der Waals surface area contributed by atoms with Crippen LogP contribution in [-0.4, -0.2) is 84.9 Å². The van der Waals surface area contributed by atoms with Gasteiger partial charge >= 0.3 is 0 Å². The third kappa shape index (κ3) is 6.11. The molecule has 0 amide bonds. The quantitative estimate of drug-likeness (QED) is 0.349. The first-order valence-electron chi connectivity index (χ1n) is 9.33. The molecule has 2 fully saturated rings. The van der Waals surface area contributed by atoms with Gasteiger partial charge in [0.2, 0.25) is 0 Å². The highest BCUT2D eigenvalue weighted by atomic mass is 127. The molecular formula is C19H30FIN4O2S. The van der Waals surface area contributed by atoms with Crippen molar-refractivity contribution in [2.24, 2.45) is 4.99 Å². The van der Waals surface area contributed by atoms with Crippen molar-refractivity contribution in [2.45, 2.75) is 18.6 Å². The number of ether oxygens (including phenoxy) is 1. The van der Waals surface area contributed by atoms with E-state index >= 15 is 0 Å². The van der Waals surface area contributed by atoms with Crippen molar-refractivity contribution in [3.63, 3.8) is 0 Å². The zero-order chi connectivity index (χ0) is 19.3. The number of benzene rings is 1. The Morgan fingerprint density at radius 1 is 1.36 bits per heavy atom. The maximum atomic E-state index is 13.6. The fraction of sp³-hybridized carbons (Fsp3) is 0.632. The van der Waals surface area contributed by atoms with E-state index in [2.05, 4.69) is 20.1 Å². The van der Waals surface area contributed by atoms with Gasteiger partial charge in [-0.05, 0) is 30.4 Å². The van der Waals surface area contributed by atoms with Gasteiger partial charge in [0.05, 0.1) is 12.7 Å². The Morgan fingerprint density at radius 3 is 2.71 bits per heavy atom. The fourth-order valence-corrected chi connectivity index (χ4v) is 4.84. The van der Waals surface area contributed by atoms with Gasteiger partial charge in [0.1, 0.15) is 11.6 Å². The molecule has 0 spiro atoms. The van der Waals surface area contributed by atoms with E-state index in [9.17, 15) is 9.50 Å². The Balaban J connectivity index is 0.00000280. The topological polar surface area (TPSA) is 60.3 Å². The maximum Gasteiger partial charge on any atom is 0.193 e. The Hall–Kier alpha value is -0.780. The van der Waals surface area contributed by atoms with Gasteiger partial charge in [0, 0.05) is 57.6 Å².